The van der Waals surface area contributed by atoms with Crippen molar-refractivity contribution in [1.29, 1.82) is 0 Å². The van der Waals surface area contributed by atoms with Crippen LogP contribution in [0.2, 0.25) is 0 Å². The predicted molar refractivity (Wildman–Crippen MR) is 104 cm³/mol. The Bertz CT molecular complexity index is 1120. The summed E-state index contributed by atoms with van der Waals surface area (Å²) in [7, 11) is -4.21. The number of aryl methyl sites for hydroxylation is 2. The summed E-state index contributed by atoms with van der Waals surface area (Å²) in [5.41, 5.74) is 2.89. The number of imidazole rings is 1. The van der Waals surface area contributed by atoms with Gasteiger partial charge in [-0.05, 0) is 18.4 Å². The number of rotatable bonds is 7. The molecule has 0 aliphatic carbocycles. The summed E-state index contributed by atoms with van der Waals surface area (Å²) in [5, 5.41) is 25.4. The van der Waals surface area contributed by atoms with Gasteiger partial charge in [-0.1, -0.05) is 30.3 Å². The molecule has 0 bridgehead atoms. The van der Waals surface area contributed by atoms with E-state index in [9.17, 15) is 18.6 Å². The number of benzene rings is 1. The summed E-state index contributed by atoms with van der Waals surface area (Å²) >= 11 is 0. The van der Waals surface area contributed by atoms with E-state index in [1.807, 2.05) is 30.3 Å². The first-order valence-electron chi connectivity index (χ1n) is 9.22. The molecule has 3 heterocycles. The van der Waals surface area contributed by atoms with Crippen LogP contribution in [0.5, 0.6) is 0 Å². The maximum absolute atomic E-state index is 11.0. The van der Waals surface area contributed by atoms with Crippen LogP contribution in [0.3, 0.4) is 0 Å². The maximum atomic E-state index is 11.0. The van der Waals surface area contributed by atoms with Crippen molar-refractivity contribution >= 4 is 21.5 Å². The third-order valence-corrected chi connectivity index (χ3v) is 5.40. The van der Waals surface area contributed by atoms with Gasteiger partial charge in [0.1, 0.15) is 30.2 Å². The Morgan fingerprint density at radius 3 is 2.60 bits per heavy atom. The van der Waals surface area contributed by atoms with Crippen LogP contribution in [0, 0.1) is 0 Å². The smallest absolute Gasteiger partial charge is 0.333 e. The van der Waals surface area contributed by atoms with Gasteiger partial charge in [0.25, 0.3) is 0 Å². The summed E-state index contributed by atoms with van der Waals surface area (Å²) in [5.74, 6) is 0. The zero-order valence-corrected chi connectivity index (χ0v) is 16.6. The molecule has 4 N–H and O–H groups in total. The van der Waals surface area contributed by atoms with E-state index in [0.717, 1.165) is 12.1 Å². The van der Waals surface area contributed by atoms with E-state index in [1.54, 1.807) is 0 Å². The molecule has 4 rings (SSSR count). The zero-order chi connectivity index (χ0) is 21.3. The number of fused-ring (bicyclic) bond motifs is 1. The van der Waals surface area contributed by atoms with Crippen LogP contribution >= 0.6 is 0 Å². The highest BCUT2D eigenvalue weighted by Gasteiger charge is 2.44. The third kappa shape index (κ3) is 4.33. The average Bonchev–Trinajstić information content (AvgIpc) is 3.27. The van der Waals surface area contributed by atoms with Crippen LogP contribution in [-0.4, -0.2) is 63.1 Å². The molecule has 1 fully saturated rings. The van der Waals surface area contributed by atoms with Gasteiger partial charge in [0.05, 0.1) is 18.6 Å². The molecule has 1 aliphatic rings. The van der Waals surface area contributed by atoms with Gasteiger partial charge in [-0.25, -0.2) is 20.1 Å². The molecule has 0 radical (unpaired) electrons. The average molecular weight is 435 g/mol. The first-order valence-corrected chi connectivity index (χ1v) is 10.7. The Balaban J connectivity index is 1.55. The number of aliphatic hydroxyl groups excluding tert-OH is 2. The van der Waals surface area contributed by atoms with Crippen molar-refractivity contribution in [1.82, 2.24) is 19.5 Å². The quantitative estimate of drug-likeness (QED) is 0.442. The highest BCUT2D eigenvalue weighted by Crippen LogP contribution is 2.32. The van der Waals surface area contributed by atoms with E-state index in [1.165, 1.54) is 22.8 Å². The Hall–Kier alpha value is -2.48. The van der Waals surface area contributed by atoms with Crippen molar-refractivity contribution in [3.8, 4) is 0 Å². The monoisotopic (exact) mass is 435 g/mol. The van der Waals surface area contributed by atoms with Crippen molar-refractivity contribution in [2.24, 2.45) is 5.14 Å². The summed E-state index contributed by atoms with van der Waals surface area (Å²) < 4.78 is 33.6. The summed E-state index contributed by atoms with van der Waals surface area (Å²) in [6.45, 7) is -0.530. The minimum atomic E-state index is -4.21. The van der Waals surface area contributed by atoms with Crippen molar-refractivity contribution < 1.29 is 27.6 Å². The molecule has 1 saturated heterocycles. The van der Waals surface area contributed by atoms with Crippen LogP contribution in [0.15, 0.2) is 43.0 Å². The van der Waals surface area contributed by atoms with Crippen LogP contribution in [0.4, 0.5) is 0 Å². The summed E-state index contributed by atoms with van der Waals surface area (Å²) in [4.78, 5) is 12.9. The molecule has 0 unspecified atom stereocenters. The first-order chi connectivity index (χ1) is 14.3. The van der Waals surface area contributed by atoms with E-state index < -0.39 is 41.5 Å². The minimum absolute atomic E-state index is 0.428. The van der Waals surface area contributed by atoms with Gasteiger partial charge in [0.15, 0.2) is 11.9 Å². The van der Waals surface area contributed by atoms with Crippen molar-refractivity contribution in [2.45, 2.75) is 37.4 Å². The highest BCUT2D eigenvalue weighted by molar-refractivity contribution is 7.84. The van der Waals surface area contributed by atoms with Crippen molar-refractivity contribution in [3.63, 3.8) is 0 Å². The summed E-state index contributed by atoms with van der Waals surface area (Å²) in [6, 6.07) is 9.96. The lowest BCUT2D eigenvalue weighted by atomic mass is 10.1. The second-order valence-electron chi connectivity index (χ2n) is 6.95. The molecule has 0 saturated carbocycles. The molecule has 11 nitrogen and oxygen atoms in total. The first kappa shape index (κ1) is 20.8. The Morgan fingerprint density at radius 2 is 1.87 bits per heavy atom. The Kier molecular flexibility index (Phi) is 5.77. The van der Waals surface area contributed by atoms with Crippen molar-refractivity contribution in [3.05, 3.63) is 54.2 Å². The number of nitrogens with two attached hydrogens (primary N) is 1. The van der Waals surface area contributed by atoms with Gasteiger partial charge >= 0.3 is 10.3 Å². The largest absolute Gasteiger partial charge is 0.387 e. The van der Waals surface area contributed by atoms with Gasteiger partial charge in [-0.2, -0.15) is 8.42 Å². The summed E-state index contributed by atoms with van der Waals surface area (Å²) in [6.07, 6.45) is -0.603. The second kappa shape index (κ2) is 8.34. The lowest BCUT2D eigenvalue weighted by Gasteiger charge is -2.16. The van der Waals surface area contributed by atoms with E-state index in [0.29, 0.717) is 17.6 Å². The number of aliphatic hydroxyl groups is 2. The van der Waals surface area contributed by atoms with E-state index in [-0.39, 0.29) is 0 Å². The normalized spacial score (nSPS) is 24.5. The molecular weight excluding hydrogens is 414 g/mol. The van der Waals surface area contributed by atoms with Gasteiger partial charge in [-0.3, -0.25) is 8.75 Å². The fraction of sp³-hybridized carbons (Fsp3) is 0.389. The molecule has 1 aromatic carbocycles. The molecule has 0 amide bonds. The predicted octanol–water partition coefficient (Wildman–Crippen LogP) is -0.549. The number of nitrogens with zero attached hydrogens (tertiary/aromatic N) is 4. The van der Waals surface area contributed by atoms with Crippen LogP contribution in [-0.2, 0) is 32.1 Å². The molecule has 160 valence electrons. The van der Waals surface area contributed by atoms with Gasteiger partial charge < -0.3 is 14.9 Å². The van der Waals surface area contributed by atoms with Crippen molar-refractivity contribution in [2.75, 3.05) is 6.61 Å². The lowest BCUT2D eigenvalue weighted by molar-refractivity contribution is -0.0467. The molecule has 3 aromatic rings. The number of aromatic nitrogens is 4. The third-order valence-electron chi connectivity index (χ3n) is 4.94. The Morgan fingerprint density at radius 1 is 1.10 bits per heavy atom. The SMILES string of the molecule is NS(=O)(=O)OC[C@@H]1O[C@@H](n2cnc3c(CCc4ccccc4)ncnc32)[C@H](O)[C@@H]1O. The zero-order valence-electron chi connectivity index (χ0n) is 15.8. The van der Waals surface area contributed by atoms with E-state index in [2.05, 4.69) is 19.1 Å². The standard InChI is InChI=1S/C18H21N5O6S/c19-30(26,27)28-8-13-15(24)16(25)18(29-13)23-10-22-14-12(20-9-21-17(14)23)7-6-11-4-2-1-3-5-11/h1-5,9-10,13,15-16,18,24-25H,6-8H2,(H2,19,26,27)/t13-,15+,16+,18+/m0/s1. The Labute approximate surface area is 172 Å². The van der Waals surface area contributed by atoms with E-state index >= 15 is 0 Å². The van der Waals surface area contributed by atoms with Gasteiger partial charge in [-0.15, -0.1) is 0 Å². The number of hydrogen-bond donors (Lipinski definition) is 3. The minimum Gasteiger partial charge on any atom is -0.387 e. The fourth-order valence-corrected chi connectivity index (χ4v) is 3.76. The molecule has 0 spiro atoms. The topological polar surface area (TPSA) is 163 Å². The fourth-order valence-electron chi connectivity index (χ4n) is 3.44. The van der Waals surface area contributed by atoms with E-state index in [4.69, 9.17) is 9.88 Å². The molecular formula is C18H21N5O6S. The molecule has 30 heavy (non-hydrogen) atoms. The molecule has 4 atom stereocenters. The van der Waals surface area contributed by atoms with Gasteiger partial charge in [0, 0.05) is 0 Å². The van der Waals surface area contributed by atoms with Crippen LogP contribution in [0.25, 0.3) is 11.2 Å². The lowest BCUT2D eigenvalue weighted by Crippen LogP contribution is -2.35. The second-order valence-corrected chi connectivity index (χ2v) is 8.17. The van der Waals surface area contributed by atoms with Crippen LogP contribution in [0.1, 0.15) is 17.5 Å². The molecule has 12 heteroatoms. The maximum Gasteiger partial charge on any atom is 0.333 e. The highest BCUT2D eigenvalue weighted by atomic mass is 32.2. The number of hydrogen-bond acceptors (Lipinski definition) is 9. The van der Waals surface area contributed by atoms with Crippen LogP contribution < -0.4 is 5.14 Å². The number of ether oxygens (including phenoxy) is 1. The molecule has 2 aromatic heterocycles. The molecule has 1 aliphatic heterocycles. The van der Waals surface area contributed by atoms with Gasteiger partial charge in [0.2, 0.25) is 0 Å².